The maximum absolute atomic E-state index is 13.2. The van der Waals surface area contributed by atoms with Gasteiger partial charge in [0.15, 0.2) is 0 Å². The van der Waals surface area contributed by atoms with Gasteiger partial charge >= 0.3 is 0 Å². The summed E-state index contributed by atoms with van der Waals surface area (Å²) < 4.78 is 13.2. The monoisotopic (exact) mass is 347 g/mol. The molecule has 1 atom stereocenters. The highest BCUT2D eigenvalue weighted by Gasteiger charge is 2.22. The molecule has 0 saturated carbocycles. The number of halogens is 1. The average Bonchev–Trinajstić information content (AvgIpc) is 2.70. The molecule has 0 amide bonds. The number of likely N-dealkylation sites (tertiary alicyclic amines) is 1. The van der Waals surface area contributed by atoms with Crippen LogP contribution in [-0.2, 0) is 6.54 Å². The van der Waals surface area contributed by atoms with Crippen molar-refractivity contribution >= 4 is 0 Å². The Hall–Kier alpha value is -2.59. The topological polar surface area (TPSA) is 29.0 Å². The van der Waals surface area contributed by atoms with Crippen molar-refractivity contribution in [2.45, 2.75) is 25.3 Å². The van der Waals surface area contributed by atoms with Gasteiger partial charge in [0.1, 0.15) is 5.82 Å². The van der Waals surface area contributed by atoms with Crippen LogP contribution in [0.3, 0.4) is 0 Å². The van der Waals surface area contributed by atoms with E-state index in [4.69, 9.17) is 4.98 Å². The Bertz CT molecular complexity index is 849. The zero-order valence-electron chi connectivity index (χ0n) is 14.7. The van der Waals surface area contributed by atoms with Crippen LogP contribution in [0.2, 0.25) is 0 Å². The summed E-state index contributed by atoms with van der Waals surface area (Å²) in [4.78, 5) is 11.5. The summed E-state index contributed by atoms with van der Waals surface area (Å²) in [6.45, 7) is 3.09. The summed E-state index contributed by atoms with van der Waals surface area (Å²) in [5.41, 5.74) is 4.30. The smallest absolute Gasteiger partial charge is 0.123 e. The van der Waals surface area contributed by atoms with Gasteiger partial charge in [0.25, 0.3) is 0 Å². The average molecular weight is 347 g/mol. The zero-order valence-corrected chi connectivity index (χ0v) is 14.7. The van der Waals surface area contributed by atoms with Crippen molar-refractivity contribution in [1.29, 1.82) is 0 Å². The standard InChI is InChI=1S/C22H22FN3/c23-20-8-6-18(7-9-20)21-4-1-5-22(25-21)19-3-2-14-26(16-19)15-17-10-12-24-13-11-17/h1,4-13,19H,2-3,14-16H2/t19-/m0/s1. The lowest BCUT2D eigenvalue weighted by molar-refractivity contribution is 0.198. The van der Waals surface area contributed by atoms with Crippen LogP contribution in [0.4, 0.5) is 4.39 Å². The molecule has 3 heterocycles. The molecule has 0 radical (unpaired) electrons. The van der Waals surface area contributed by atoms with Gasteiger partial charge in [-0.3, -0.25) is 14.9 Å². The first kappa shape index (κ1) is 16.9. The number of nitrogens with zero attached hydrogens (tertiary/aromatic N) is 3. The third-order valence-electron chi connectivity index (χ3n) is 4.99. The molecule has 3 aromatic rings. The van der Waals surface area contributed by atoms with E-state index in [2.05, 4.69) is 34.1 Å². The normalized spacial score (nSPS) is 18.0. The Balaban J connectivity index is 1.50. The summed E-state index contributed by atoms with van der Waals surface area (Å²) in [5.74, 6) is 0.218. The van der Waals surface area contributed by atoms with E-state index in [-0.39, 0.29) is 5.82 Å². The number of piperidine rings is 1. The van der Waals surface area contributed by atoms with Gasteiger partial charge in [-0.2, -0.15) is 0 Å². The van der Waals surface area contributed by atoms with E-state index >= 15 is 0 Å². The van der Waals surface area contributed by atoms with Crippen LogP contribution in [0.5, 0.6) is 0 Å². The second-order valence-corrected chi connectivity index (χ2v) is 6.88. The summed E-state index contributed by atoms with van der Waals surface area (Å²) in [5, 5.41) is 0. The molecule has 0 aliphatic carbocycles. The summed E-state index contributed by atoms with van der Waals surface area (Å²) >= 11 is 0. The molecular formula is C22H22FN3. The van der Waals surface area contributed by atoms with Gasteiger partial charge < -0.3 is 0 Å². The first-order valence-corrected chi connectivity index (χ1v) is 9.12. The first-order chi connectivity index (χ1) is 12.8. The molecule has 1 aliphatic rings. The molecule has 3 nitrogen and oxygen atoms in total. The number of benzene rings is 1. The summed E-state index contributed by atoms with van der Waals surface area (Å²) in [7, 11) is 0. The minimum atomic E-state index is -0.219. The van der Waals surface area contributed by atoms with Gasteiger partial charge in [-0.1, -0.05) is 6.07 Å². The first-order valence-electron chi connectivity index (χ1n) is 9.12. The molecule has 4 rings (SSSR count). The predicted octanol–water partition coefficient (Wildman–Crippen LogP) is 4.66. The second-order valence-electron chi connectivity index (χ2n) is 6.88. The Morgan fingerprint density at radius 2 is 1.81 bits per heavy atom. The lowest BCUT2D eigenvalue weighted by Gasteiger charge is -2.32. The Labute approximate surface area is 153 Å². The maximum atomic E-state index is 13.2. The number of aromatic nitrogens is 2. The molecule has 1 aromatic carbocycles. The van der Waals surface area contributed by atoms with Crippen molar-refractivity contribution in [3.05, 3.63) is 84.1 Å². The van der Waals surface area contributed by atoms with Crippen LogP contribution in [0.1, 0.15) is 30.0 Å². The molecule has 4 heteroatoms. The third kappa shape index (κ3) is 3.97. The lowest BCUT2D eigenvalue weighted by atomic mass is 9.93. The molecule has 0 unspecified atom stereocenters. The van der Waals surface area contributed by atoms with Crippen molar-refractivity contribution in [2.24, 2.45) is 0 Å². The van der Waals surface area contributed by atoms with E-state index in [1.165, 1.54) is 24.1 Å². The van der Waals surface area contributed by atoms with Gasteiger partial charge in [-0.25, -0.2) is 4.39 Å². The molecule has 0 bridgehead atoms. The molecule has 1 fully saturated rings. The van der Waals surface area contributed by atoms with Crippen molar-refractivity contribution in [1.82, 2.24) is 14.9 Å². The lowest BCUT2D eigenvalue weighted by Crippen LogP contribution is -2.34. The van der Waals surface area contributed by atoms with Crippen LogP contribution in [0, 0.1) is 5.82 Å². The fourth-order valence-electron chi connectivity index (χ4n) is 3.65. The van der Waals surface area contributed by atoms with Gasteiger partial charge in [0.05, 0.1) is 5.69 Å². The van der Waals surface area contributed by atoms with Crippen LogP contribution in [0.25, 0.3) is 11.3 Å². The molecule has 0 spiro atoms. The van der Waals surface area contributed by atoms with Crippen molar-refractivity contribution in [3.63, 3.8) is 0 Å². The van der Waals surface area contributed by atoms with Crippen LogP contribution in [-0.4, -0.2) is 28.0 Å². The number of hydrogen-bond acceptors (Lipinski definition) is 3. The fraction of sp³-hybridized carbons (Fsp3) is 0.273. The molecule has 1 aliphatic heterocycles. The minimum absolute atomic E-state index is 0.219. The highest BCUT2D eigenvalue weighted by molar-refractivity contribution is 5.59. The number of pyridine rings is 2. The predicted molar refractivity (Wildman–Crippen MR) is 101 cm³/mol. The van der Waals surface area contributed by atoms with Crippen LogP contribution < -0.4 is 0 Å². The second kappa shape index (κ2) is 7.75. The fourth-order valence-corrected chi connectivity index (χ4v) is 3.65. The van der Waals surface area contributed by atoms with Gasteiger partial charge in [-0.05, 0) is 73.5 Å². The number of rotatable bonds is 4. The van der Waals surface area contributed by atoms with Crippen molar-refractivity contribution in [3.8, 4) is 11.3 Å². The Morgan fingerprint density at radius 3 is 2.62 bits per heavy atom. The minimum Gasteiger partial charge on any atom is -0.298 e. The van der Waals surface area contributed by atoms with Crippen molar-refractivity contribution in [2.75, 3.05) is 13.1 Å². The molecule has 2 aromatic heterocycles. The molecular weight excluding hydrogens is 325 g/mol. The van der Waals surface area contributed by atoms with Gasteiger partial charge in [0, 0.05) is 42.7 Å². The van der Waals surface area contributed by atoms with Gasteiger partial charge in [0.2, 0.25) is 0 Å². The van der Waals surface area contributed by atoms with E-state index in [1.807, 2.05) is 18.5 Å². The van der Waals surface area contributed by atoms with Gasteiger partial charge in [-0.15, -0.1) is 0 Å². The largest absolute Gasteiger partial charge is 0.298 e. The maximum Gasteiger partial charge on any atom is 0.123 e. The number of hydrogen-bond donors (Lipinski definition) is 0. The van der Waals surface area contributed by atoms with Crippen LogP contribution in [0.15, 0.2) is 67.0 Å². The Kier molecular flexibility index (Phi) is 5.02. The SMILES string of the molecule is Fc1ccc(-c2cccc([C@H]3CCCN(Cc4ccncc4)C3)n2)cc1. The van der Waals surface area contributed by atoms with E-state index in [1.54, 1.807) is 12.1 Å². The molecule has 26 heavy (non-hydrogen) atoms. The van der Waals surface area contributed by atoms with E-state index in [0.29, 0.717) is 5.92 Å². The third-order valence-corrected chi connectivity index (χ3v) is 4.99. The van der Waals surface area contributed by atoms with E-state index in [0.717, 1.165) is 43.0 Å². The van der Waals surface area contributed by atoms with E-state index in [9.17, 15) is 4.39 Å². The highest BCUT2D eigenvalue weighted by Crippen LogP contribution is 2.28. The summed E-state index contributed by atoms with van der Waals surface area (Å²) in [6.07, 6.45) is 6.04. The molecule has 1 saturated heterocycles. The van der Waals surface area contributed by atoms with Crippen molar-refractivity contribution < 1.29 is 4.39 Å². The summed E-state index contributed by atoms with van der Waals surface area (Å²) in [6, 6.07) is 16.9. The zero-order chi connectivity index (χ0) is 17.8. The van der Waals surface area contributed by atoms with Crippen LogP contribution >= 0.6 is 0 Å². The molecule has 0 N–H and O–H groups in total. The molecule has 132 valence electrons. The highest BCUT2D eigenvalue weighted by atomic mass is 19.1. The van der Waals surface area contributed by atoms with E-state index < -0.39 is 0 Å². The quantitative estimate of drug-likeness (QED) is 0.687. The Morgan fingerprint density at radius 1 is 1.00 bits per heavy atom.